The summed E-state index contributed by atoms with van der Waals surface area (Å²) in [5.74, 6) is 0.111. The predicted molar refractivity (Wildman–Crippen MR) is 82.2 cm³/mol. The summed E-state index contributed by atoms with van der Waals surface area (Å²) < 4.78 is 0. The van der Waals surface area contributed by atoms with Crippen LogP contribution in [0.3, 0.4) is 0 Å². The van der Waals surface area contributed by atoms with E-state index in [0.29, 0.717) is 6.04 Å². The van der Waals surface area contributed by atoms with Crippen LogP contribution in [0.4, 0.5) is 5.69 Å². The zero-order valence-electron chi connectivity index (χ0n) is 12.1. The quantitative estimate of drug-likeness (QED) is 0.915. The Labute approximate surface area is 121 Å². The lowest BCUT2D eigenvalue weighted by atomic mass is 9.95. The third kappa shape index (κ3) is 2.97. The Morgan fingerprint density at radius 3 is 2.45 bits per heavy atom. The largest absolute Gasteiger partial charge is 0.371 e. The summed E-state index contributed by atoms with van der Waals surface area (Å²) in [6.07, 6.45) is 8.56. The molecule has 1 amide bonds. The van der Waals surface area contributed by atoms with E-state index in [4.69, 9.17) is 0 Å². The number of hydrogen-bond acceptors (Lipinski definition) is 2. The SMILES string of the molecule is O=C(NC1CCCCC1)c1ccccc1N1CCCC1. The first-order valence-corrected chi connectivity index (χ1v) is 7.99. The molecule has 3 nitrogen and oxygen atoms in total. The first kappa shape index (κ1) is 13.5. The second-order valence-corrected chi connectivity index (χ2v) is 6.02. The highest BCUT2D eigenvalue weighted by Gasteiger charge is 2.21. The highest BCUT2D eigenvalue weighted by Crippen LogP contribution is 2.25. The van der Waals surface area contributed by atoms with Gasteiger partial charge in [-0.25, -0.2) is 0 Å². The monoisotopic (exact) mass is 272 g/mol. The van der Waals surface area contributed by atoms with Crippen LogP contribution in [0.2, 0.25) is 0 Å². The minimum Gasteiger partial charge on any atom is -0.371 e. The van der Waals surface area contributed by atoms with Gasteiger partial charge in [-0.3, -0.25) is 4.79 Å². The van der Waals surface area contributed by atoms with E-state index >= 15 is 0 Å². The lowest BCUT2D eigenvalue weighted by Crippen LogP contribution is -2.37. The molecule has 0 aromatic heterocycles. The molecule has 1 saturated carbocycles. The maximum absolute atomic E-state index is 12.6. The van der Waals surface area contributed by atoms with E-state index in [1.807, 2.05) is 18.2 Å². The number of carbonyl (C=O) groups excluding carboxylic acids is 1. The summed E-state index contributed by atoms with van der Waals surface area (Å²) in [5, 5.41) is 3.23. The van der Waals surface area contributed by atoms with E-state index in [0.717, 1.165) is 37.2 Å². The van der Waals surface area contributed by atoms with E-state index < -0.39 is 0 Å². The highest BCUT2D eigenvalue weighted by atomic mass is 16.1. The van der Waals surface area contributed by atoms with E-state index in [1.54, 1.807) is 0 Å². The Hall–Kier alpha value is -1.51. The van der Waals surface area contributed by atoms with Gasteiger partial charge >= 0.3 is 0 Å². The van der Waals surface area contributed by atoms with Crippen LogP contribution in [-0.4, -0.2) is 25.0 Å². The molecule has 1 aromatic carbocycles. The number of nitrogens with zero attached hydrogens (tertiary/aromatic N) is 1. The van der Waals surface area contributed by atoms with Crippen molar-refractivity contribution in [1.82, 2.24) is 5.32 Å². The number of amides is 1. The molecule has 1 saturated heterocycles. The number of anilines is 1. The Morgan fingerprint density at radius 2 is 1.70 bits per heavy atom. The van der Waals surface area contributed by atoms with Crippen molar-refractivity contribution in [2.75, 3.05) is 18.0 Å². The lowest BCUT2D eigenvalue weighted by Gasteiger charge is -2.25. The van der Waals surface area contributed by atoms with Crippen molar-refractivity contribution < 1.29 is 4.79 Å². The predicted octanol–water partition coefficient (Wildman–Crippen LogP) is 3.35. The number of hydrogen-bond donors (Lipinski definition) is 1. The summed E-state index contributed by atoms with van der Waals surface area (Å²) in [5.41, 5.74) is 1.96. The van der Waals surface area contributed by atoms with Crippen molar-refractivity contribution in [2.24, 2.45) is 0 Å². The number of benzene rings is 1. The maximum atomic E-state index is 12.6. The number of rotatable bonds is 3. The molecule has 0 radical (unpaired) electrons. The van der Waals surface area contributed by atoms with E-state index in [-0.39, 0.29) is 5.91 Å². The van der Waals surface area contributed by atoms with Crippen molar-refractivity contribution in [3.05, 3.63) is 29.8 Å². The molecule has 2 aliphatic rings. The summed E-state index contributed by atoms with van der Waals surface area (Å²) in [6.45, 7) is 2.15. The van der Waals surface area contributed by atoms with Gasteiger partial charge in [0.2, 0.25) is 0 Å². The van der Waals surface area contributed by atoms with Crippen molar-refractivity contribution in [3.63, 3.8) is 0 Å². The summed E-state index contributed by atoms with van der Waals surface area (Å²) in [7, 11) is 0. The topological polar surface area (TPSA) is 32.3 Å². The van der Waals surface area contributed by atoms with Gasteiger partial charge in [-0.2, -0.15) is 0 Å². The van der Waals surface area contributed by atoms with Gasteiger partial charge < -0.3 is 10.2 Å². The van der Waals surface area contributed by atoms with Crippen LogP contribution in [0.15, 0.2) is 24.3 Å². The van der Waals surface area contributed by atoms with Crippen molar-refractivity contribution >= 4 is 11.6 Å². The molecule has 3 rings (SSSR count). The van der Waals surface area contributed by atoms with Gasteiger partial charge in [0.15, 0.2) is 0 Å². The molecule has 2 fully saturated rings. The zero-order chi connectivity index (χ0) is 13.8. The lowest BCUT2D eigenvalue weighted by molar-refractivity contribution is 0.0928. The standard InChI is InChI=1S/C17H24N2O/c20-17(18-14-8-2-1-3-9-14)15-10-4-5-11-16(15)19-12-6-7-13-19/h4-5,10-11,14H,1-3,6-9,12-13H2,(H,18,20). The number of nitrogens with one attached hydrogen (secondary N) is 1. The molecule has 108 valence electrons. The minimum absolute atomic E-state index is 0.111. The first-order valence-electron chi connectivity index (χ1n) is 7.99. The summed E-state index contributed by atoms with van der Waals surface area (Å²) in [4.78, 5) is 14.9. The molecular formula is C17H24N2O. The van der Waals surface area contributed by atoms with Gasteiger partial charge in [0.1, 0.15) is 0 Å². The second-order valence-electron chi connectivity index (χ2n) is 6.02. The second kappa shape index (κ2) is 6.29. The highest BCUT2D eigenvalue weighted by molar-refractivity contribution is 6.00. The van der Waals surface area contributed by atoms with Crippen LogP contribution in [0.5, 0.6) is 0 Å². The maximum Gasteiger partial charge on any atom is 0.253 e. The van der Waals surface area contributed by atoms with E-state index in [9.17, 15) is 4.79 Å². The van der Waals surface area contributed by atoms with Crippen LogP contribution in [0.25, 0.3) is 0 Å². The molecule has 0 unspecified atom stereocenters. The average Bonchev–Trinajstić information content (AvgIpc) is 3.02. The zero-order valence-corrected chi connectivity index (χ0v) is 12.1. The minimum atomic E-state index is 0.111. The van der Waals surface area contributed by atoms with Gasteiger partial charge in [0.05, 0.1) is 5.56 Å². The molecule has 0 atom stereocenters. The molecule has 0 spiro atoms. The normalized spacial score (nSPS) is 20.1. The average molecular weight is 272 g/mol. The van der Waals surface area contributed by atoms with Crippen molar-refractivity contribution in [2.45, 2.75) is 51.0 Å². The Morgan fingerprint density at radius 1 is 1.00 bits per heavy atom. The molecule has 1 N–H and O–H groups in total. The number of carbonyl (C=O) groups is 1. The Kier molecular flexibility index (Phi) is 4.24. The van der Waals surface area contributed by atoms with Gasteiger partial charge in [-0.15, -0.1) is 0 Å². The fourth-order valence-corrected chi connectivity index (χ4v) is 3.41. The molecule has 1 aliphatic carbocycles. The van der Waals surface area contributed by atoms with Crippen molar-refractivity contribution in [1.29, 1.82) is 0 Å². The van der Waals surface area contributed by atoms with Crippen LogP contribution in [-0.2, 0) is 0 Å². The Bertz CT molecular complexity index is 460. The molecule has 1 heterocycles. The van der Waals surface area contributed by atoms with E-state index in [1.165, 1.54) is 32.1 Å². The van der Waals surface area contributed by atoms with Crippen molar-refractivity contribution in [3.8, 4) is 0 Å². The Balaban J connectivity index is 1.73. The molecule has 3 heteroatoms. The molecule has 1 aliphatic heterocycles. The third-order valence-corrected chi connectivity index (χ3v) is 4.54. The fraction of sp³-hybridized carbons (Fsp3) is 0.588. The molecule has 0 bridgehead atoms. The fourth-order valence-electron chi connectivity index (χ4n) is 3.41. The van der Waals surface area contributed by atoms with Crippen LogP contribution in [0.1, 0.15) is 55.3 Å². The van der Waals surface area contributed by atoms with Gasteiger partial charge in [-0.1, -0.05) is 31.4 Å². The third-order valence-electron chi connectivity index (χ3n) is 4.54. The van der Waals surface area contributed by atoms with Gasteiger partial charge in [0.25, 0.3) is 5.91 Å². The first-order chi connectivity index (χ1) is 9.84. The van der Waals surface area contributed by atoms with Gasteiger partial charge in [-0.05, 0) is 37.8 Å². The van der Waals surface area contributed by atoms with Crippen LogP contribution in [0, 0.1) is 0 Å². The van der Waals surface area contributed by atoms with Crippen LogP contribution < -0.4 is 10.2 Å². The molecule has 1 aromatic rings. The van der Waals surface area contributed by atoms with Crippen LogP contribution >= 0.6 is 0 Å². The smallest absolute Gasteiger partial charge is 0.253 e. The van der Waals surface area contributed by atoms with E-state index in [2.05, 4.69) is 16.3 Å². The summed E-state index contributed by atoms with van der Waals surface area (Å²) in [6, 6.07) is 8.43. The summed E-state index contributed by atoms with van der Waals surface area (Å²) >= 11 is 0. The molecular weight excluding hydrogens is 248 g/mol. The number of para-hydroxylation sites is 1. The molecule has 20 heavy (non-hydrogen) atoms. The van der Waals surface area contributed by atoms with Gasteiger partial charge in [0, 0.05) is 24.8 Å².